The third-order valence-electron chi connectivity index (χ3n) is 3.62. The van der Waals surface area contributed by atoms with Crippen LogP contribution in [0.15, 0.2) is 45.8 Å². The zero-order chi connectivity index (χ0) is 20.0. The maximum absolute atomic E-state index is 12.5. The molecule has 0 aliphatic rings. The monoisotopic (exact) mass is 456 g/mol. The Bertz CT molecular complexity index is 931. The molecule has 0 saturated heterocycles. The second-order valence-corrected chi connectivity index (χ2v) is 8.13. The summed E-state index contributed by atoms with van der Waals surface area (Å²) in [6.07, 6.45) is 0.843. The van der Waals surface area contributed by atoms with Crippen molar-refractivity contribution in [2.75, 3.05) is 13.7 Å². The molecule has 146 valence electrons. The Morgan fingerprint density at radius 3 is 2.63 bits per heavy atom. The van der Waals surface area contributed by atoms with Crippen molar-refractivity contribution in [2.45, 2.75) is 24.8 Å². The highest BCUT2D eigenvalue weighted by Crippen LogP contribution is 2.36. The summed E-state index contributed by atoms with van der Waals surface area (Å²) < 4.78 is 34.4. The minimum atomic E-state index is -3.79. The number of carbonyl (C=O) groups excluding carboxylic acids is 1. The molecule has 2 aromatic rings. The number of primary sulfonamides is 1. The molecule has 2 rings (SSSR count). The first-order chi connectivity index (χ1) is 12.8. The number of hydrogen-bond donors (Lipinski definition) is 2. The minimum absolute atomic E-state index is 0.00362. The van der Waals surface area contributed by atoms with E-state index in [2.05, 4.69) is 21.2 Å². The molecule has 0 aliphatic heterocycles. The molecule has 0 fully saturated rings. The predicted octanol–water partition coefficient (Wildman–Crippen LogP) is 2.82. The molecule has 0 atom stereocenters. The Kier molecular flexibility index (Phi) is 7.23. The molecule has 0 unspecified atom stereocenters. The van der Waals surface area contributed by atoms with Gasteiger partial charge in [-0.05, 0) is 52.2 Å². The first-order valence-electron chi connectivity index (χ1n) is 8.16. The van der Waals surface area contributed by atoms with Crippen LogP contribution in [0.5, 0.6) is 11.5 Å². The zero-order valence-corrected chi connectivity index (χ0v) is 17.4. The fourth-order valence-electron chi connectivity index (χ4n) is 2.31. The van der Waals surface area contributed by atoms with Crippen molar-refractivity contribution in [3.8, 4) is 11.5 Å². The SMILES string of the molecule is CCCOc1c(Br)cc(C(=O)NCc2cccc(S(N)(=O)=O)c2)cc1OC. The van der Waals surface area contributed by atoms with Crippen LogP contribution >= 0.6 is 15.9 Å². The molecule has 0 saturated carbocycles. The zero-order valence-electron chi connectivity index (χ0n) is 15.0. The van der Waals surface area contributed by atoms with Crippen LogP contribution in [0.25, 0.3) is 0 Å². The number of ether oxygens (including phenoxy) is 2. The van der Waals surface area contributed by atoms with Crippen LogP contribution < -0.4 is 19.9 Å². The van der Waals surface area contributed by atoms with Crippen molar-refractivity contribution in [1.29, 1.82) is 0 Å². The molecule has 7 nitrogen and oxygen atoms in total. The second kappa shape index (κ2) is 9.20. The molecule has 0 heterocycles. The third-order valence-corrected chi connectivity index (χ3v) is 5.12. The molecule has 2 aromatic carbocycles. The quantitative estimate of drug-likeness (QED) is 0.634. The van der Waals surface area contributed by atoms with Gasteiger partial charge in [0.1, 0.15) is 0 Å². The summed E-state index contributed by atoms with van der Waals surface area (Å²) in [6, 6.07) is 9.33. The van der Waals surface area contributed by atoms with Crippen LogP contribution in [-0.4, -0.2) is 28.0 Å². The Morgan fingerprint density at radius 2 is 2.00 bits per heavy atom. The van der Waals surface area contributed by atoms with Crippen LogP contribution in [0.3, 0.4) is 0 Å². The van der Waals surface area contributed by atoms with Gasteiger partial charge in [-0.2, -0.15) is 0 Å². The van der Waals surface area contributed by atoms with Gasteiger partial charge in [-0.1, -0.05) is 19.1 Å². The Hall–Kier alpha value is -2.10. The molecule has 3 N–H and O–H groups in total. The van der Waals surface area contributed by atoms with Gasteiger partial charge in [-0.3, -0.25) is 4.79 Å². The number of rotatable bonds is 8. The van der Waals surface area contributed by atoms with Gasteiger partial charge in [0, 0.05) is 12.1 Å². The fourth-order valence-corrected chi connectivity index (χ4v) is 3.45. The van der Waals surface area contributed by atoms with E-state index in [1.807, 2.05) is 6.92 Å². The number of amides is 1. The topological polar surface area (TPSA) is 108 Å². The van der Waals surface area contributed by atoms with E-state index in [4.69, 9.17) is 14.6 Å². The van der Waals surface area contributed by atoms with Crippen LogP contribution in [0.2, 0.25) is 0 Å². The molecule has 0 aliphatic carbocycles. The highest BCUT2D eigenvalue weighted by Gasteiger charge is 2.16. The van der Waals surface area contributed by atoms with Gasteiger partial charge in [0.2, 0.25) is 10.0 Å². The average molecular weight is 457 g/mol. The van der Waals surface area contributed by atoms with E-state index in [0.29, 0.717) is 33.7 Å². The van der Waals surface area contributed by atoms with E-state index in [1.54, 1.807) is 24.3 Å². The largest absolute Gasteiger partial charge is 0.493 e. The van der Waals surface area contributed by atoms with Crippen molar-refractivity contribution >= 4 is 31.9 Å². The lowest BCUT2D eigenvalue weighted by atomic mass is 10.1. The molecule has 9 heteroatoms. The van der Waals surface area contributed by atoms with E-state index in [1.165, 1.54) is 19.2 Å². The van der Waals surface area contributed by atoms with Gasteiger partial charge in [-0.25, -0.2) is 13.6 Å². The number of benzene rings is 2. The third kappa shape index (κ3) is 5.69. The highest BCUT2D eigenvalue weighted by molar-refractivity contribution is 9.10. The lowest BCUT2D eigenvalue weighted by Crippen LogP contribution is -2.23. The van der Waals surface area contributed by atoms with Crippen molar-refractivity contribution in [2.24, 2.45) is 5.14 Å². The summed E-state index contributed by atoms with van der Waals surface area (Å²) in [5, 5.41) is 7.87. The molecule has 27 heavy (non-hydrogen) atoms. The Morgan fingerprint density at radius 1 is 1.26 bits per heavy atom. The number of nitrogens with two attached hydrogens (primary N) is 1. The van der Waals surface area contributed by atoms with Gasteiger partial charge < -0.3 is 14.8 Å². The normalized spacial score (nSPS) is 11.1. The standard InChI is InChI=1S/C18H21BrN2O5S/c1-3-7-26-17-15(19)9-13(10-16(17)25-2)18(22)21-11-12-5-4-6-14(8-12)27(20,23)24/h4-6,8-10H,3,7,11H2,1-2H3,(H,21,22)(H2,20,23,24). The summed E-state index contributed by atoms with van der Waals surface area (Å²) in [5.41, 5.74) is 0.994. The van der Waals surface area contributed by atoms with Gasteiger partial charge in [0.25, 0.3) is 5.91 Å². The molecule has 0 bridgehead atoms. The summed E-state index contributed by atoms with van der Waals surface area (Å²) in [5.74, 6) is 0.646. The van der Waals surface area contributed by atoms with E-state index < -0.39 is 10.0 Å². The van der Waals surface area contributed by atoms with E-state index in [0.717, 1.165) is 6.42 Å². The van der Waals surface area contributed by atoms with Crippen molar-refractivity contribution in [3.05, 3.63) is 52.0 Å². The average Bonchev–Trinajstić information content (AvgIpc) is 2.64. The number of sulfonamides is 1. The van der Waals surface area contributed by atoms with Crippen LogP contribution in [-0.2, 0) is 16.6 Å². The summed E-state index contributed by atoms with van der Waals surface area (Å²) in [6.45, 7) is 2.67. The molecular formula is C18H21BrN2O5S. The molecule has 0 radical (unpaired) electrons. The van der Waals surface area contributed by atoms with Gasteiger partial charge in [0.15, 0.2) is 11.5 Å². The maximum atomic E-state index is 12.5. The number of halogens is 1. The molecule has 0 aromatic heterocycles. The summed E-state index contributed by atoms with van der Waals surface area (Å²) >= 11 is 3.40. The smallest absolute Gasteiger partial charge is 0.251 e. The second-order valence-electron chi connectivity index (χ2n) is 5.71. The molecule has 0 spiro atoms. The predicted molar refractivity (Wildman–Crippen MR) is 105 cm³/mol. The van der Waals surface area contributed by atoms with E-state index >= 15 is 0 Å². The first-order valence-corrected chi connectivity index (χ1v) is 10.5. The van der Waals surface area contributed by atoms with Crippen LogP contribution in [0.4, 0.5) is 0 Å². The lowest BCUT2D eigenvalue weighted by Gasteiger charge is -2.14. The van der Waals surface area contributed by atoms with Crippen molar-refractivity contribution in [1.82, 2.24) is 5.32 Å². The Balaban J connectivity index is 2.15. The van der Waals surface area contributed by atoms with Crippen LogP contribution in [0.1, 0.15) is 29.3 Å². The van der Waals surface area contributed by atoms with Gasteiger partial charge >= 0.3 is 0 Å². The van der Waals surface area contributed by atoms with Gasteiger partial charge in [-0.15, -0.1) is 0 Å². The molecule has 1 amide bonds. The molecular weight excluding hydrogens is 436 g/mol. The van der Waals surface area contributed by atoms with E-state index in [-0.39, 0.29) is 17.3 Å². The van der Waals surface area contributed by atoms with Gasteiger partial charge in [0.05, 0.1) is 23.1 Å². The number of nitrogens with one attached hydrogen (secondary N) is 1. The maximum Gasteiger partial charge on any atom is 0.251 e. The van der Waals surface area contributed by atoms with Crippen molar-refractivity contribution < 1.29 is 22.7 Å². The highest BCUT2D eigenvalue weighted by atomic mass is 79.9. The fraction of sp³-hybridized carbons (Fsp3) is 0.278. The summed E-state index contributed by atoms with van der Waals surface area (Å²) in [4.78, 5) is 12.5. The first kappa shape index (κ1) is 21.2. The minimum Gasteiger partial charge on any atom is -0.493 e. The summed E-state index contributed by atoms with van der Waals surface area (Å²) in [7, 11) is -2.29. The number of carbonyl (C=O) groups is 1. The van der Waals surface area contributed by atoms with Crippen molar-refractivity contribution in [3.63, 3.8) is 0 Å². The number of hydrogen-bond acceptors (Lipinski definition) is 5. The van der Waals surface area contributed by atoms with E-state index in [9.17, 15) is 13.2 Å². The lowest BCUT2D eigenvalue weighted by molar-refractivity contribution is 0.0950. The Labute approximate surface area is 167 Å². The number of methoxy groups -OCH3 is 1. The van der Waals surface area contributed by atoms with Crippen LogP contribution in [0, 0.1) is 0 Å².